The van der Waals surface area contributed by atoms with Gasteiger partial charge >= 0.3 is 0 Å². The molecule has 1 N–H and O–H groups in total. The Kier molecular flexibility index (Phi) is 4.13. The quantitative estimate of drug-likeness (QED) is 0.867. The summed E-state index contributed by atoms with van der Waals surface area (Å²) >= 11 is 0. The summed E-state index contributed by atoms with van der Waals surface area (Å²) in [5.74, 6) is 0. The lowest BCUT2D eigenvalue weighted by Crippen LogP contribution is -2.36. The molecule has 90 valence electrons. The molecule has 1 saturated heterocycles. The molecule has 0 aliphatic carbocycles. The zero-order chi connectivity index (χ0) is 12.1. The molecule has 1 heterocycles. The topological polar surface area (TPSA) is 45.0 Å². The first-order valence-corrected chi connectivity index (χ1v) is 6.13. The van der Waals surface area contributed by atoms with Gasteiger partial charge in [0.2, 0.25) is 0 Å². The van der Waals surface area contributed by atoms with E-state index in [9.17, 15) is 0 Å². The number of nitriles is 1. The minimum Gasteiger partial charge on any atom is -0.381 e. The van der Waals surface area contributed by atoms with Crippen LogP contribution in [0.1, 0.15) is 36.9 Å². The van der Waals surface area contributed by atoms with Crippen LogP contribution in [0.4, 0.5) is 0 Å². The van der Waals surface area contributed by atoms with Gasteiger partial charge in [-0.1, -0.05) is 12.1 Å². The summed E-state index contributed by atoms with van der Waals surface area (Å²) in [4.78, 5) is 0. The van der Waals surface area contributed by atoms with Crippen molar-refractivity contribution in [1.82, 2.24) is 5.32 Å². The molecule has 0 saturated carbocycles. The third kappa shape index (κ3) is 3.29. The van der Waals surface area contributed by atoms with Crippen LogP contribution < -0.4 is 5.32 Å². The van der Waals surface area contributed by atoms with E-state index < -0.39 is 0 Å². The molecular formula is C14H18N2O. The maximum Gasteiger partial charge on any atom is 0.0991 e. The monoisotopic (exact) mass is 230 g/mol. The molecular weight excluding hydrogens is 212 g/mol. The molecule has 17 heavy (non-hydrogen) atoms. The summed E-state index contributed by atoms with van der Waals surface area (Å²) in [5.41, 5.74) is 1.90. The normalized spacial score (nSPS) is 18.6. The van der Waals surface area contributed by atoms with E-state index in [1.807, 2.05) is 18.2 Å². The van der Waals surface area contributed by atoms with Gasteiger partial charge in [0.1, 0.15) is 0 Å². The summed E-state index contributed by atoms with van der Waals surface area (Å²) in [5, 5.41) is 12.5. The Balaban J connectivity index is 1.98. The molecule has 0 aromatic heterocycles. The zero-order valence-corrected chi connectivity index (χ0v) is 10.1. The standard InChI is InChI=1S/C14H18N2O/c1-11(16-14-5-7-17-8-6-14)13-4-2-3-12(9-13)10-15/h2-4,9,11,14,16H,5-8H2,1H3. The lowest BCUT2D eigenvalue weighted by molar-refractivity contribution is 0.0754. The van der Waals surface area contributed by atoms with Crippen molar-refractivity contribution in [2.45, 2.75) is 31.8 Å². The maximum atomic E-state index is 8.88. The Morgan fingerprint density at radius 1 is 1.41 bits per heavy atom. The van der Waals surface area contributed by atoms with Gasteiger partial charge in [-0.25, -0.2) is 0 Å². The molecule has 1 fully saturated rings. The molecule has 0 amide bonds. The van der Waals surface area contributed by atoms with Gasteiger partial charge < -0.3 is 10.1 Å². The van der Waals surface area contributed by atoms with Crippen molar-refractivity contribution in [3.05, 3.63) is 35.4 Å². The maximum absolute atomic E-state index is 8.88. The van der Waals surface area contributed by atoms with E-state index in [1.165, 1.54) is 5.56 Å². The molecule has 2 rings (SSSR count). The fourth-order valence-electron chi connectivity index (χ4n) is 2.19. The molecule has 1 atom stereocenters. The van der Waals surface area contributed by atoms with Crippen LogP contribution in [0.3, 0.4) is 0 Å². The van der Waals surface area contributed by atoms with Gasteiger partial charge in [-0.2, -0.15) is 5.26 Å². The molecule has 3 nitrogen and oxygen atoms in total. The minimum absolute atomic E-state index is 0.284. The van der Waals surface area contributed by atoms with Crippen molar-refractivity contribution in [2.24, 2.45) is 0 Å². The van der Waals surface area contributed by atoms with E-state index in [2.05, 4.69) is 24.4 Å². The number of nitrogens with one attached hydrogen (secondary N) is 1. The number of hydrogen-bond donors (Lipinski definition) is 1. The first-order chi connectivity index (χ1) is 8.29. The van der Waals surface area contributed by atoms with Crippen molar-refractivity contribution < 1.29 is 4.74 Å². The van der Waals surface area contributed by atoms with Crippen molar-refractivity contribution >= 4 is 0 Å². The summed E-state index contributed by atoms with van der Waals surface area (Å²) < 4.78 is 5.34. The molecule has 0 radical (unpaired) electrons. The summed E-state index contributed by atoms with van der Waals surface area (Å²) in [7, 11) is 0. The summed E-state index contributed by atoms with van der Waals surface area (Å²) in [6, 6.07) is 10.8. The van der Waals surface area contributed by atoms with Crippen LogP contribution >= 0.6 is 0 Å². The van der Waals surface area contributed by atoms with Crippen LogP contribution in [0.5, 0.6) is 0 Å². The molecule has 1 aromatic rings. The fourth-order valence-corrected chi connectivity index (χ4v) is 2.19. The average Bonchev–Trinajstić information content (AvgIpc) is 2.40. The zero-order valence-electron chi connectivity index (χ0n) is 10.1. The second-order valence-corrected chi connectivity index (χ2v) is 4.51. The highest BCUT2D eigenvalue weighted by Crippen LogP contribution is 2.17. The Morgan fingerprint density at radius 2 is 2.18 bits per heavy atom. The van der Waals surface area contributed by atoms with E-state index >= 15 is 0 Å². The van der Waals surface area contributed by atoms with Crippen molar-refractivity contribution in [2.75, 3.05) is 13.2 Å². The molecule has 0 spiro atoms. The average molecular weight is 230 g/mol. The molecule has 0 bridgehead atoms. The van der Waals surface area contributed by atoms with Gasteiger partial charge in [0.15, 0.2) is 0 Å². The Hall–Kier alpha value is -1.37. The van der Waals surface area contributed by atoms with Gasteiger partial charge in [-0.3, -0.25) is 0 Å². The Labute approximate surface area is 102 Å². The third-order valence-electron chi connectivity index (χ3n) is 3.22. The largest absolute Gasteiger partial charge is 0.381 e. The highest BCUT2D eigenvalue weighted by molar-refractivity contribution is 5.34. The van der Waals surface area contributed by atoms with E-state index in [-0.39, 0.29) is 6.04 Å². The van der Waals surface area contributed by atoms with Gasteiger partial charge in [0.25, 0.3) is 0 Å². The van der Waals surface area contributed by atoms with Crippen LogP contribution in [-0.4, -0.2) is 19.3 Å². The molecule has 1 aliphatic rings. The van der Waals surface area contributed by atoms with Crippen LogP contribution in [0.25, 0.3) is 0 Å². The number of rotatable bonds is 3. The summed E-state index contributed by atoms with van der Waals surface area (Å²) in [6.07, 6.45) is 2.14. The molecule has 1 unspecified atom stereocenters. The lowest BCUT2D eigenvalue weighted by atomic mass is 10.0. The fraction of sp³-hybridized carbons (Fsp3) is 0.500. The number of nitrogens with zero attached hydrogens (tertiary/aromatic N) is 1. The first kappa shape index (κ1) is 12.1. The van der Waals surface area contributed by atoms with Gasteiger partial charge in [-0.15, -0.1) is 0 Å². The SMILES string of the molecule is CC(NC1CCOCC1)c1cccc(C#N)c1. The lowest BCUT2D eigenvalue weighted by Gasteiger charge is -2.27. The predicted molar refractivity (Wildman–Crippen MR) is 66.5 cm³/mol. The third-order valence-corrected chi connectivity index (χ3v) is 3.22. The van der Waals surface area contributed by atoms with Crippen LogP contribution in [0.2, 0.25) is 0 Å². The van der Waals surface area contributed by atoms with Crippen LogP contribution in [-0.2, 0) is 4.74 Å². The van der Waals surface area contributed by atoms with E-state index in [0.29, 0.717) is 6.04 Å². The Bertz CT molecular complexity index is 405. The molecule has 1 aromatic carbocycles. The van der Waals surface area contributed by atoms with Crippen molar-refractivity contribution in [3.63, 3.8) is 0 Å². The smallest absolute Gasteiger partial charge is 0.0991 e. The predicted octanol–water partition coefficient (Wildman–Crippen LogP) is 2.39. The van der Waals surface area contributed by atoms with Crippen molar-refractivity contribution in [3.8, 4) is 6.07 Å². The van der Waals surface area contributed by atoms with E-state index in [1.54, 1.807) is 0 Å². The van der Waals surface area contributed by atoms with Crippen LogP contribution in [0.15, 0.2) is 24.3 Å². The first-order valence-electron chi connectivity index (χ1n) is 6.13. The van der Waals surface area contributed by atoms with Crippen molar-refractivity contribution in [1.29, 1.82) is 5.26 Å². The number of benzene rings is 1. The highest BCUT2D eigenvalue weighted by atomic mass is 16.5. The molecule has 1 aliphatic heterocycles. The summed E-state index contributed by atoms with van der Waals surface area (Å²) in [6.45, 7) is 3.84. The van der Waals surface area contributed by atoms with Gasteiger partial charge in [0, 0.05) is 25.3 Å². The van der Waals surface area contributed by atoms with Gasteiger partial charge in [0.05, 0.1) is 11.6 Å². The number of hydrogen-bond acceptors (Lipinski definition) is 3. The molecule has 3 heteroatoms. The number of ether oxygens (including phenoxy) is 1. The Morgan fingerprint density at radius 3 is 2.88 bits per heavy atom. The second-order valence-electron chi connectivity index (χ2n) is 4.51. The van der Waals surface area contributed by atoms with E-state index in [4.69, 9.17) is 10.00 Å². The van der Waals surface area contributed by atoms with E-state index in [0.717, 1.165) is 31.6 Å². The highest BCUT2D eigenvalue weighted by Gasteiger charge is 2.16. The van der Waals surface area contributed by atoms with Gasteiger partial charge in [-0.05, 0) is 37.5 Å². The van der Waals surface area contributed by atoms with Crippen LogP contribution in [0, 0.1) is 11.3 Å². The second kappa shape index (κ2) is 5.81. The minimum atomic E-state index is 0.284.